The fourth-order valence-corrected chi connectivity index (χ4v) is 2.01. The van der Waals surface area contributed by atoms with E-state index in [1.165, 1.54) is 12.3 Å². The first-order valence-corrected chi connectivity index (χ1v) is 6.16. The second kappa shape index (κ2) is 6.29. The van der Waals surface area contributed by atoms with E-state index in [9.17, 15) is 20.4 Å². The third-order valence-electron chi connectivity index (χ3n) is 3.19. The average molecular weight is 283 g/mol. The molecule has 1 heterocycles. The molecule has 1 aromatic carbocycles. The van der Waals surface area contributed by atoms with E-state index in [-0.39, 0.29) is 5.75 Å². The van der Waals surface area contributed by atoms with Crippen LogP contribution in [0.5, 0.6) is 5.75 Å². The van der Waals surface area contributed by atoms with Crippen molar-refractivity contribution in [1.82, 2.24) is 0 Å². The Hall–Kier alpha value is -1.51. The highest BCUT2D eigenvalue weighted by Crippen LogP contribution is 2.22. The van der Waals surface area contributed by atoms with E-state index in [0.29, 0.717) is 5.56 Å². The summed E-state index contributed by atoms with van der Waals surface area (Å²) in [6.45, 7) is -0.523. The molecule has 0 aliphatic carbocycles. The molecule has 7 nitrogen and oxygen atoms in total. The number of phenolic OH excluding ortho intramolecular Hbond substituents is 1. The van der Waals surface area contributed by atoms with Crippen molar-refractivity contribution >= 4 is 6.21 Å². The van der Waals surface area contributed by atoms with Gasteiger partial charge < -0.3 is 30.3 Å². The van der Waals surface area contributed by atoms with Gasteiger partial charge in [-0.15, -0.1) is 0 Å². The van der Waals surface area contributed by atoms with Crippen molar-refractivity contribution in [2.45, 2.75) is 30.6 Å². The number of hydrogen-bond acceptors (Lipinski definition) is 7. The highest BCUT2D eigenvalue weighted by atomic mass is 16.6. The molecule has 0 spiro atoms. The quantitative estimate of drug-likeness (QED) is 0.435. The summed E-state index contributed by atoms with van der Waals surface area (Å²) in [5.74, 6) is 0.00532. The monoisotopic (exact) mass is 283 g/mol. The molecule has 0 bridgehead atoms. The van der Waals surface area contributed by atoms with Gasteiger partial charge in [0.15, 0.2) is 6.29 Å². The highest BCUT2D eigenvalue weighted by molar-refractivity contribution is 5.83. The Labute approximate surface area is 115 Å². The third kappa shape index (κ3) is 2.97. The standard InChI is InChI=1S/C13H17NO6/c15-6-9-11(17)12(18)10(13(19)20-9)14-5-7-3-1-2-4-8(7)16/h1-5,9-13,15-19H,6H2/t9-,10-,11-,12-,13?/m1/s1. The summed E-state index contributed by atoms with van der Waals surface area (Å²) in [5.41, 5.74) is 0.408. The lowest BCUT2D eigenvalue weighted by Gasteiger charge is -2.38. The Kier molecular flexibility index (Phi) is 4.69. The van der Waals surface area contributed by atoms with Gasteiger partial charge in [-0.1, -0.05) is 12.1 Å². The number of aliphatic hydroxyl groups excluding tert-OH is 4. The van der Waals surface area contributed by atoms with Gasteiger partial charge in [0.1, 0.15) is 30.1 Å². The van der Waals surface area contributed by atoms with E-state index < -0.39 is 37.3 Å². The number of phenols is 1. The molecule has 0 amide bonds. The van der Waals surface area contributed by atoms with Crippen LogP contribution in [0.1, 0.15) is 5.56 Å². The molecule has 2 rings (SSSR count). The molecular weight excluding hydrogens is 266 g/mol. The molecule has 1 aliphatic heterocycles. The molecule has 110 valence electrons. The maximum Gasteiger partial charge on any atom is 0.180 e. The zero-order valence-corrected chi connectivity index (χ0v) is 10.6. The molecular formula is C13H17NO6. The van der Waals surface area contributed by atoms with Gasteiger partial charge in [-0.25, -0.2) is 0 Å². The largest absolute Gasteiger partial charge is 0.507 e. The first-order valence-electron chi connectivity index (χ1n) is 6.16. The fraction of sp³-hybridized carbons (Fsp3) is 0.462. The lowest BCUT2D eigenvalue weighted by Crippen LogP contribution is -2.57. The van der Waals surface area contributed by atoms with E-state index >= 15 is 0 Å². The van der Waals surface area contributed by atoms with Gasteiger partial charge in [0, 0.05) is 11.8 Å². The van der Waals surface area contributed by atoms with Crippen molar-refractivity contribution in [3.63, 3.8) is 0 Å². The first-order chi connectivity index (χ1) is 9.54. The van der Waals surface area contributed by atoms with E-state index in [2.05, 4.69) is 4.99 Å². The van der Waals surface area contributed by atoms with Crippen LogP contribution in [-0.4, -0.2) is 69.0 Å². The Morgan fingerprint density at radius 3 is 2.50 bits per heavy atom. The van der Waals surface area contributed by atoms with Crippen LogP contribution < -0.4 is 0 Å². The molecule has 0 saturated carbocycles. The SMILES string of the molecule is OC[C@H]1OC(O)[C@H](N=Cc2ccccc2O)[C@@H](O)[C@@H]1O. The van der Waals surface area contributed by atoms with Gasteiger partial charge in [-0.3, -0.25) is 4.99 Å². The van der Waals surface area contributed by atoms with Crippen LogP contribution in [0.25, 0.3) is 0 Å². The van der Waals surface area contributed by atoms with Crippen molar-refractivity contribution in [3.05, 3.63) is 29.8 Å². The molecule has 7 heteroatoms. The smallest absolute Gasteiger partial charge is 0.180 e. The number of aromatic hydroxyl groups is 1. The second-order valence-corrected chi connectivity index (χ2v) is 4.56. The number of para-hydroxylation sites is 1. The van der Waals surface area contributed by atoms with Crippen LogP contribution in [0.2, 0.25) is 0 Å². The number of aliphatic hydroxyl groups is 4. The highest BCUT2D eigenvalue weighted by Gasteiger charge is 2.43. The van der Waals surface area contributed by atoms with Crippen molar-refractivity contribution < 1.29 is 30.3 Å². The van der Waals surface area contributed by atoms with E-state index in [1.807, 2.05) is 0 Å². The van der Waals surface area contributed by atoms with Gasteiger partial charge >= 0.3 is 0 Å². The summed E-state index contributed by atoms with van der Waals surface area (Å²) in [4.78, 5) is 3.94. The van der Waals surface area contributed by atoms with Crippen LogP contribution >= 0.6 is 0 Å². The molecule has 5 atom stereocenters. The van der Waals surface area contributed by atoms with Crippen molar-refractivity contribution in [2.75, 3.05) is 6.61 Å². The third-order valence-corrected chi connectivity index (χ3v) is 3.19. The van der Waals surface area contributed by atoms with Gasteiger partial charge in [0.25, 0.3) is 0 Å². The Morgan fingerprint density at radius 1 is 1.15 bits per heavy atom. The van der Waals surface area contributed by atoms with Crippen LogP contribution in [0.4, 0.5) is 0 Å². The molecule has 1 unspecified atom stereocenters. The lowest BCUT2D eigenvalue weighted by atomic mass is 9.97. The number of aliphatic imine (C=N–C) groups is 1. The van der Waals surface area contributed by atoms with E-state index in [4.69, 9.17) is 9.84 Å². The Bertz CT molecular complexity index is 480. The minimum absolute atomic E-state index is 0.00532. The van der Waals surface area contributed by atoms with Crippen LogP contribution in [0.3, 0.4) is 0 Å². The van der Waals surface area contributed by atoms with Crippen LogP contribution in [0.15, 0.2) is 29.3 Å². The molecule has 1 fully saturated rings. The molecule has 1 aliphatic rings. The van der Waals surface area contributed by atoms with Gasteiger partial charge in [-0.05, 0) is 12.1 Å². The summed E-state index contributed by atoms with van der Waals surface area (Å²) < 4.78 is 4.97. The molecule has 1 aromatic rings. The van der Waals surface area contributed by atoms with Gasteiger partial charge in [0.2, 0.25) is 0 Å². The summed E-state index contributed by atoms with van der Waals surface area (Å²) in [6, 6.07) is 5.32. The predicted molar refractivity (Wildman–Crippen MR) is 69.5 cm³/mol. The minimum Gasteiger partial charge on any atom is -0.507 e. The topological polar surface area (TPSA) is 123 Å². The fourth-order valence-electron chi connectivity index (χ4n) is 2.01. The number of ether oxygens (including phenoxy) is 1. The number of nitrogens with zero attached hydrogens (tertiary/aromatic N) is 1. The van der Waals surface area contributed by atoms with Gasteiger partial charge in [0.05, 0.1) is 6.61 Å². The summed E-state index contributed by atoms with van der Waals surface area (Å²) in [6.07, 6.45) is -3.96. The summed E-state index contributed by atoms with van der Waals surface area (Å²) in [5, 5.41) is 47.8. The van der Waals surface area contributed by atoms with Crippen molar-refractivity contribution in [2.24, 2.45) is 4.99 Å². The molecule has 0 aromatic heterocycles. The maximum atomic E-state index is 9.88. The Morgan fingerprint density at radius 2 is 1.85 bits per heavy atom. The number of hydrogen-bond donors (Lipinski definition) is 5. The number of rotatable bonds is 3. The zero-order chi connectivity index (χ0) is 14.7. The zero-order valence-electron chi connectivity index (χ0n) is 10.6. The van der Waals surface area contributed by atoms with Crippen LogP contribution in [-0.2, 0) is 4.74 Å². The van der Waals surface area contributed by atoms with Crippen molar-refractivity contribution in [1.29, 1.82) is 0 Å². The predicted octanol–water partition coefficient (Wildman–Crippen LogP) is -1.39. The molecule has 5 N–H and O–H groups in total. The minimum atomic E-state index is -1.45. The van der Waals surface area contributed by atoms with Crippen molar-refractivity contribution in [3.8, 4) is 5.75 Å². The summed E-state index contributed by atoms with van der Waals surface area (Å²) in [7, 11) is 0. The maximum absolute atomic E-state index is 9.88. The van der Waals surface area contributed by atoms with E-state index in [1.54, 1.807) is 18.2 Å². The normalized spacial score (nSPS) is 34.5. The van der Waals surface area contributed by atoms with Gasteiger partial charge in [-0.2, -0.15) is 0 Å². The lowest BCUT2D eigenvalue weighted by molar-refractivity contribution is -0.248. The van der Waals surface area contributed by atoms with E-state index in [0.717, 1.165) is 0 Å². The number of benzene rings is 1. The molecule has 20 heavy (non-hydrogen) atoms. The Balaban J connectivity index is 2.14. The molecule has 1 saturated heterocycles. The first kappa shape index (κ1) is 14.9. The van der Waals surface area contributed by atoms with Crippen LogP contribution in [0, 0.1) is 0 Å². The molecule has 0 radical (unpaired) electrons. The second-order valence-electron chi connectivity index (χ2n) is 4.56. The summed E-state index contributed by atoms with van der Waals surface area (Å²) >= 11 is 0. The average Bonchev–Trinajstić information content (AvgIpc) is 2.44.